The standard InChI is InChI=1S/C19H20N4O3S/c1-3-10-20-18(24)22-19-21-16(13-4-6-15(26-2)7-5-13)17(27-19)14-8-11-23(25)12-9-14/h4-9,11-12,25H,3,10H2,1-2H3,(H,20,24). The molecule has 2 aliphatic heterocycles. The number of urea groups is 1. The first kappa shape index (κ1) is 18.9. The number of aliphatic imine (C=N–C) groups is 2. The maximum atomic E-state index is 11.9. The van der Waals surface area contributed by atoms with Crippen LogP contribution < -0.4 is 10.1 Å². The third-order valence-electron chi connectivity index (χ3n) is 3.78. The van der Waals surface area contributed by atoms with Crippen LogP contribution in [0, 0.1) is 0 Å². The number of amidine groups is 1. The average molecular weight is 384 g/mol. The molecule has 140 valence electrons. The Bertz CT molecular complexity index is 853. The van der Waals surface area contributed by atoms with E-state index in [1.165, 1.54) is 24.2 Å². The van der Waals surface area contributed by atoms with Crippen molar-refractivity contribution in [2.45, 2.75) is 13.3 Å². The molecule has 8 heteroatoms. The zero-order valence-electron chi connectivity index (χ0n) is 15.0. The molecule has 1 aromatic carbocycles. The van der Waals surface area contributed by atoms with Crippen LogP contribution in [0.1, 0.15) is 18.9 Å². The molecule has 27 heavy (non-hydrogen) atoms. The number of hydrogen-bond donors (Lipinski definition) is 2. The molecule has 3 rings (SSSR count). The molecule has 0 bridgehead atoms. The molecule has 0 aliphatic carbocycles. The Labute approximate surface area is 161 Å². The van der Waals surface area contributed by atoms with Gasteiger partial charge in [0.05, 0.1) is 12.8 Å². The van der Waals surface area contributed by atoms with Gasteiger partial charge in [-0.1, -0.05) is 6.92 Å². The molecule has 0 unspecified atom stereocenters. The molecule has 2 amide bonds. The van der Waals surface area contributed by atoms with Crippen LogP contribution >= 0.6 is 11.8 Å². The number of ether oxygens (including phenoxy) is 1. The van der Waals surface area contributed by atoms with Gasteiger partial charge < -0.3 is 10.1 Å². The molecule has 2 aliphatic rings. The van der Waals surface area contributed by atoms with Gasteiger partial charge in [0.2, 0.25) is 0 Å². The second-order valence-electron chi connectivity index (χ2n) is 5.71. The lowest BCUT2D eigenvalue weighted by Gasteiger charge is -2.12. The normalized spacial score (nSPS) is 17.5. The first-order chi connectivity index (χ1) is 13.1. The largest absolute Gasteiger partial charge is 0.497 e. The van der Waals surface area contributed by atoms with Crippen LogP contribution in [0.3, 0.4) is 0 Å². The second-order valence-corrected chi connectivity index (χ2v) is 6.69. The summed E-state index contributed by atoms with van der Waals surface area (Å²) in [6.07, 6.45) is 7.48. The van der Waals surface area contributed by atoms with Crippen LogP contribution in [0.15, 0.2) is 69.3 Å². The molecule has 1 aromatic rings. The molecule has 0 atom stereocenters. The van der Waals surface area contributed by atoms with Gasteiger partial charge in [-0.05, 0) is 60.2 Å². The number of methoxy groups -OCH3 is 1. The quantitative estimate of drug-likeness (QED) is 0.827. The van der Waals surface area contributed by atoms with Gasteiger partial charge in [-0.15, -0.1) is 0 Å². The van der Waals surface area contributed by atoms with E-state index < -0.39 is 6.03 Å². The van der Waals surface area contributed by atoms with Gasteiger partial charge in [0.1, 0.15) is 5.75 Å². The number of hydrogen-bond acceptors (Lipinski definition) is 5. The summed E-state index contributed by atoms with van der Waals surface area (Å²) in [6, 6.07) is 7.13. The fraction of sp³-hybridized carbons (Fsp3) is 0.211. The number of carbonyl (C=O) groups excluding carboxylic acids is 1. The minimum atomic E-state index is -0.403. The first-order valence-electron chi connectivity index (χ1n) is 8.46. The summed E-state index contributed by atoms with van der Waals surface area (Å²) in [6.45, 7) is 2.55. The number of hydroxylamine groups is 2. The van der Waals surface area contributed by atoms with Crippen molar-refractivity contribution >= 4 is 28.7 Å². The van der Waals surface area contributed by atoms with Crippen LogP contribution in [-0.2, 0) is 0 Å². The SMILES string of the molecule is CCCNC(=O)N=C1N=C(c2ccc(OC)cc2)C(=C2C=CN(O)C=C2)S1. The smallest absolute Gasteiger partial charge is 0.343 e. The van der Waals surface area contributed by atoms with Gasteiger partial charge in [0, 0.05) is 29.4 Å². The van der Waals surface area contributed by atoms with Crippen LogP contribution in [0.4, 0.5) is 4.79 Å². The third-order valence-corrected chi connectivity index (χ3v) is 4.78. The lowest BCUT2D eigenvalue weighted by Crippen LogP contribution is -2.20. The maximum Gasteiger partial charge on any atom is 0.343 e. The van der Waals surface area contributed by atoms with Gasteiger partial charge >= 0.3 is 6.03 Å². The summed E-state index contributed by atoms with van der Waals surface area (Å²) in [5.74, 6) is 0.750. The van der Waals surface area contributed by atoms with Crippen molar-refractivity contribution in [2.24, 2.45) is 9.98 Å². The van der Waals surface area contributed by atoms with E-state index in [2.05, 4.69) is 15.3 Å². The number of benzene rings is 1. The fourth-order valence-corrected chi connectivity index (χ4v) is 3.39. The molecular formula is C19H20N4O3S. The van der Waals surface area contributed by atoms with E-state index in [1.54, 1.807) is 19.3 Å². The zero-order chi connectivity index (χ0) is 19.2. The number of allylic oxidation sites excluding steroid dienone is 4. The number of thioether (sulfide) groups is 1. The summed E-state index contributed by atoms with van der Waals surface area (Å²) < 4.78 is 5.21. The van der Waals surface area contributed by atoms with Crippen molar-refractivity contribution in [3.8, 4) is 5.75 Å². The number of amides is 2. The molecule has 7 nitrogen and oxygen atoms in total. The highest BCUT2D eigenvalue weighted by molar-refractivity contribution is 8.18. The summed E-state index contributed by atoms with van der Waals surface area (Å²) >= 11 is 1.32. The molecule has 0 saturated carbocycles. The lowest BCUT2D eigenvalue weighted by molar-refractivity contribution is 0.0105. The molecule has 0 aromatic heterocycles. The summed E-state index contributed by atoms with van der Waals surface area (Å²) in [4.78, 5) is 21.4. The van der Waals surface area contributed by atoms with Gasteiger partial charge in [0.25, 0.3) is 0 Å². The van der Waals surface area contributed by atoms with Crippen molar-refractivity contribution in [2.75, 3.05) is 13.7 Å². The number of nitrogens with zero attached hydrogens (tertiary/aromatic N) is 3. The predicted octanol–water partition coefficient (Wildman–Crippen LogP) is 3.69. The first-order valence-corrected chi connectivity index (χ1v) is 9.28. The van der Waals surface area contributed by atoms with E-state index in [0.29, 0.717) is 11.7 Å². The van der Waals surface area contributed by atoms with Crippen molar-refractivity contribution < 1.29 is 14.7 Å². The van der Waals surface area contributed by atoms with Crippen molar-refractivity contribution in [3.63, 3.8) is 0 Å². The Morgan fingerprint density at radius 1 is 1.30 bits per heavy atom. The van der Waals surface area contributed by atoms with Crippen molar-refractivity contribution in [3.05, 3.63) is 64.9 Å². The van der Waals surface area contributed by atoms with Gasteiger partial charge in [-0.25, -0.2) is 14.9 Å². The summed E-state index contributed by atoms with van der Waals surface area (Å²) in [7, 11) is 1.61. The fourth-order valence-electron chi connectivity index (χ4n) is 2.43. The van der Waals surface area contributed by atoms with Crippen LogP contribution in [0.5, 0.6) is 5.75 Å². The summed E-state index contributed by atoms with van der Waals surface area (Å²) in [5.41, 5.74) is 2.48. The molecule has 0 radical (unpaired) electrons. The van der Waals surface area contributed by atoms with E-state index in [9.17, 15) is 10.0 Å². The number of carbonyl (C=O) groups is 1. The molecule has 2 heterocycles. The van der Waals surface area contributed by atoms with E-state index >= 15 is 0 Å². The lowest BCUT2D eigenvalue weighted by atomic mass is 10.1. The Hall–Kier alpha value is -2.84. The predicted molar refractivity (Wildman–Crippen MR) is 107 cm³/mol. The summed E-state index contributed by atoms with van der Waals surface area (Å²) in [5, 5.41) is 13.5. The molecule has 2 N–H and O–H groups in total. The monoisotopic (exact) mass is 384 g/mol. The van der Waals surface area contributed by atoms with Crippen LogP contribution in [0.2, 0.25) is 0 Å². The van der Waals surface area contributed by atoms with E-state index in [4.69, 9.17) is 4.74 Å². The highest BCUT2D eigenvalue weighted by atomic mass is 32.2. The Morgan fingerprint density at radius 3 is 2.63 bits per heavy atom. The Morgan fingerprint density at radius 2 is 2.00 bits per heavy atom. The van der Waals surface area contributed by atoms with Gasteiger partial charge in [-0.3, -0.25) is 5.21 Å². The highest BCUT2D eigenvalue weighted by Gasteiger charge is 2.25. The van der Waals surface area contributed by atoms with E-state index in [-0.39, 0.29) is 0 Å². The van der Waals surface area contributed by atoms with E-state index in [0.717, 1.165) is 39.0 Å². The molecule has 0 spiro atoms. The minimum absolute atomic E-state index is 0.380. The van der Waals surface area contributed by atoms with Gasteiger partial charge in [-0.2, -0.15) is 4.99 Å². The highest BCUT2D eigenvalue weighted by Crippen LogP contribution is 2.35. The van der Waals surface area contributed by atoms with Crippen LogP contribution in [-0.4, -0.2) is 40.8 Å². The topological polar surface area (TPSA) is 86.5 Å². The maximum absolute atomic E-state index is 11.9. The van der Waals surface area contributed by atoms with Crippen molar-refractivity contribution in [1.29, 1.82) is 0 Å². The van der Waals surface area contributed by atoms with Crippen LogP contribution in [0.25, 0.3) is 0 Å². The Balaban J connectivity index is 1.97. The minimum Gasteiger partial charge on any atom is -0.497 e. The Kier molecular flexibility index (Phi) is 6.10. The number of nitrogens with one attached hydrogen (secondary N) is 1. The van der Waals surface area contributed by atoms with Crippen molar-refractivity contribution in [1.82, 2.24) is 10.4 Å². The van der Waals surface area contributed by atoms with E-state index in [1.807, 2.05) is 31.2 Å². The van der Waals surface area contributed by atoms with Gasteiger partial charge in [0.15, 0.2) is 5.17 Å². The average Bonchev–Trinajstić information content (AvgIpc) is 3.10. The second kappa shape index (κ2) is 8.70. The number of rotatable bonds is 4. The zero-order valence-corrected chi connectivity index (χ0v) is 15.9. The third kappa shape index (κ3) is 4.66. The molecular weight excluding hydrogens is 364 g/mol. The molecule has 0 fully saturated rings. The molecule has 0 saturated heterocycles.